The summed E-state index contributed by atoms with van der Waals surface area (Å²) in [4.78, 5) is 29.1. The minimum atomic E-state index is -0.191. The fraction of sp³-hybridized carbons (Fsp3) is 0.154. The number of halogens is 1. The summed E-state index contributed by atoms with van der Waals surface area (Å²) < 4.78 is 6.09. The molecule has 0 saturated heterocycles. The maximum Gasteiger partial charge on any atom is 0.265 e. The van der Waals surface area contributed by atoms with E-state index in [2.05, 4.69) is 21.2 Å². The van der Waals surface area contributed by atoms with Gasteiger partial charge in [0.1, 0.15) is 12.3 Å². The van der Waals surface area contributed by atoms with Gasteiger partial charge in [0.05, 0.1) is 22.2 Å². The quantitative estimate of drug-likeness (QED) is 0.428. The Morgan fingerprint density at radius 1 is 1.09 bits per heavy atom. The van der Waals surface area contributed by atoms with Crippen LogP contribution in [0, 0.1) is 0 Å². The Bertz CT molecular complexity index is 1200. The number of thioether (sulfide) groups is 1. The molecule has 1 aliphatic heterocycles. The molecule has 33 heavy (non-hydrogen) atoms. The molecule has 0 saturated carbocycles. The van der Waals surface area contributed by atoms with Gasteiger partial charge in [0, 0.05) is 11.4 Å². The van der Waals surface area contributed by atoms with Gasteiger partial charge in [0.25, 0.3) is 5.91 Å². The summed E-state index contributed by atoms with van der Waals surface area (Å²) in [5, 5.41) is 2.94. The van der Waals surface area contributed by atoms with Crippen molar-refractivity contribution in [3.05, 3.63) is 93.3 Å². The van der Waals surface area contributed by atoms with Crippen LogP contribution in [0.4, 0.5) is 5.69 Å². The van der Waals surface area contributed by atoms with Crippen molar-refractivity contribution in [1.82, 2.24) is 5.32 Å². The molecule has 168 valence electrons. The van der Waals surface area contributed by atoms with Gasteiger partial charge in [-0.25, -0.2) is 0 Å². The van der Waals surface area contributed by atoms with E-state index in [-0.39, 0.29) is 18.4 Å². The van der Waals surface area contributed by atoms with Crippen LogP contribution in [-0.4, -0.2) is 32.0 Å². The molecule has 1 aliphatic rings. The summed E-state index contributed by atoms with van der Waals surface area (Å²) in [5.74, 6) is 0.343. The second-order valence-electron chi connectivity index (χ2n) is 7.45. The van der Waals surface area contributed by atoms with Crippen LogP contribution in [0.3, 0.4) is 0 Å². The SMILES string of the molecule is COc1ccc(C=C2Sc3ccccc3N(CC(=O)NCCc3ccccc3)C2=O)cc1Br. The second kappa shape index (κ2) is 10.7. The molecule has 1 N–H and O–H groups in total. The molecule has 0 aromatic heterocycles. The molecule has 0 unspecified atom stereocenters. The van der Waals surface area contributed by atoms with E-state index in [1.807, 2.05) is 78.9 Å². The van der Waals surface area contributed by atoms with Gasteiger partial charge in [0.15, 0.2) is 0 Å². The number of rotatable bonds is 7. The number of anilines is 1. The largest absolute Gasteiger partial charge is 0.496 e. The van der Waals surface area contributed by atoms with Crippen LogP contribution in [0.5, 0.6) is 5.75 Å². The minimum absolute atomic E-state index is 0.0329. The van der Waals surface area contributed by atoms with Gasteiger partial charge < -0.3 is 10.1 Å². The summed E-state index contributed by atoms with van der Waals surface area (Å²) in [6, 6.07) is 23.3. The van der Waals surface area contributed by atoms with Gasteiger partial charge in [-0.15, -0.1) is 0 Å². The van der Waals surface area contributed by atoms with Crippen molar-refractivity contribution in [3.8, 4) is 5.75 Å². The number of nitrogens with one attached hydrogen (secondary N) is 1. The molecule has 3 aromatic rings. The van der Waals surface area contributed by atoms with Crippen molar-refractivity contribution >= 4 is 51.3 Å². The zero-order valence-electron chi connectivity index (χ0n) is 18.1. The van der Waals surface area contributed by atoms with E-state index in [1.54, 1.807) is 12.0 Å². The summed E-state index contributed by atoms with van der Waals surface area (Å²) in [6.07, 6.45) is 2.58. The molecule has 1 heterocycles. The Morgan fingerprint density at radius 2 is 1.85 bits per heavy atom. The minimum Gasteiger partial charge on any atom is -0.496 e. The van der Waals surface area contributed by atoms with Gasteiger partial charge in [-0.1, -0.05) is 60.3 Å². The molecule has 0 spiro atoms. The van der Waals surface area contributed by atoms with Crippen LogP contribution in [0.15, 0.2) is 87.1 Å². The molecule has 0 atom stereocenters. The smallest absolute Gasteiger partial charge is 0.265 e. The number of carbonyl (C=O) groups excluding carboxylic acids is 2. The number of ether oxygens (including phenoxy) is 1. The molecular weight excluding hydrogens is 500 g/mol. The predicted octanol–water partition coefficient (Wildman–Crippen LogP) is 5.30. The van der Waals surface area contributed by atoms with Crippen molar-refractivity contribution < 1.29 is 14.3 Å². The summed E-state index contributed by atoms with van der Waals surface area (Å²) in [6.45, 7) is 0.485. The van der Waals surface area contributed by atoms with E-state index >= 15 is 0 Å². The molecule has 7 heteroatoms. The fourth-order valence-corrected chi connectivity index (χ4v) is 5.15. The summed E-state index contributed by atoms with van der Waals surface area (Å²) in [5.41, 5.74) is 2.77. The van der Waals surface area contributed by atoms with Crippen LogP contribution in [0.2, 0.25) is 0 Å². The van der Waals surface area contributed by atoms with Crippen molar-refractivity contribution in [2.45, 2.75) is 11.3 Å². The number of para-hydroxylation sites is 1. The first-order valence-corrected chi connectivity index (χ1v) is 12.1. The normalized spacial score (nSPS) is 14.2. The Hall–Kier alpha value is -3.03. The second-order valence-corrected chi connectivity index (χ2v) is 9.39. The lowest BCUT2D eigenvalue weighted by Crippen LogP contribution is -2.43. The summed E-state index contributed by atoms with van der Waals surface area (Å²) >= 11 is 4.90. The van der Waals surface area contributed by atoms with Crippen LogP contribution < -0.4 is 15.0 Å². The van der Waals surface area contributed by atoms with E-state index in [1.165, 1.54) is 11.8 Å². The molecule has 0 aliphatic carbocycles. The van der Waals surface area contributed by atoms with Gasteiger partial charge in [-0.2, -0.15) is 0 Å². The zero-order valence-corrected chi connectivity index (χ0v) is 20.5. The Kier molecular flexibility index (Phi) is 7.52. The number of benzene rings is 3. The van der Waals surface area contributed by atoms with Crippen molar-refractivity contribution in [1.29, 1.82) is 0 Å². The fourth-order valence-electron chi connectivity index (χ4n) is 3.53. The molecular formula is C26H23BrN2O3S. The van der Waals surface area contributed by atoms with E-state index in [0.29, 0.717) is 11.4 Å². The average molecular weight is 523 g/mol. The van der Waals surface area contributed by atoms with E-state index in [0.717, 1.165) is 38.4 Å². The standard InChI is InChI=1S/C26H23BrN2O3S/c1-32-22-12-11-19(15-20(22)27)16-24-26(31)29(21-9-5-6-10-23(21)33-24)17-25(30)28-14-13-18-7-3-2-4-8-18/h2-12,15-16H,13-14,17H2,1H3,(H,28,30). The van der Waals surface area contributed by atoms with Crippen LogP contribution in [0.1, 0.15) is 11.1 Å². The zero-order chi connectivity index (χ0) is 23.2. The Labute approximate surface area is 206 Å². The lowest BCUT2D eigenvalue weighted by Gasteiger charge is -2.29. The number of fused-ring (bicyclic) bond motifs is 1. The molecule has 0 bridgehead atoms. The third kappa shape index (κ3) is 5.67. The van der Waals surface area contributed by atoms with Crippen molar-refractivity contribution in [3.63, 3.8) is 0 Å². The number of carbonyl (C=O) groups is 2. The van der Waals surface area contributed by atoms with Gasteiger partial charge in [-0.3, -0.25) is 14.5 Å². The first-order chi connectivity index (χ1) is 16.0. The van der Waals surface area contributed by atoms with Gasteiger partial charge in [0.2, 0.25) is 5.91 Å². The van der Waals surface area contributed by atoms with E-state index in [9.17, 15) is 9.59 Å². The Morgan fingerprint density at radius 3 is 2.61 bits per heavy atom. The van der Waals surface area contributed by atoms with Gasteiger partial charge in [-0.05, 0) is 63.8 Å². The van der Waals surface area contributed by atoms with E-state index < -0.39 is 0 Å². The highest BCUT2D eigenvalue weighted by Gasteiger charge is 2.30. The number of nitrogens with zero attached hydrogens (tertiary/aromatic N) is 1. The number of hydrogen-bond acceptors (Lipinski definition) is 4. The van der Waals surface area contributed by atoms with E-state index in [4.69, 9.17) is 4.74 Å². The molecule has 4 rings (SSSR count). The molecule has 0 fully saturated rings. The molecule has 2 amide bonds. The average Bonchev–Trinajstić information content (AvgIpc) is 2.82. The molecule has 0 radical (unpaired) electrons. The highest BCUT2D eigenvalue weighted by atomic mass is 79.9. The lowest BCUT2D eigenvalue weighted by molar-refractivity contribution is -0.122. The molecule has 3 aromatic carbocycles. The monoisotopic (exact) mass is 522 g/mol. The van der Waals surface area contributed by atoms with Crippen LogP contribution >= 0.6 is 27.7 Å². The maximum atomic E-state index is 13.4. The maximum absolute atomic E-state index is 13.4. The van der Waals surface area contributed by atoms with Crippen molar-refractivity contribution in [2.75, 3.05) is 25.1 Å². The number of amides is 2. The Balaban J connectivity index is 1.51. The van der Waals surface area contributed by atoms with Crippen LogP contribution in [-0.2, 0) is 16.0 Å². The predicted molar refractivity (Wildman–Crippen MR) is 136 cm³/mol. The first-order valence-electron chi connectivity index (χ1n) is 10.5. The number of methoxy groups -OCH3 is 1. The summed E-state index contributed by atoms with van der Waals surface area (Å²) in [7, 11) is 1.61. The van der Waals surface area contributed by atoms with Crippen LogP contribution in [0.25, 0.3) is 6.08 Å². The number of hydrogen-bond donors (Lipinski definition) is 1. The highest BCUT2D eigenvalue weighted by molar-refractivity contribution is 9.10. The third-order valence-corrected chi connectivity index (χ3v) is 6.88. The topological polar surface area (TPSA) is 58.6 Å². The van der Waals surface area contributed by atoms with Gasteiger partial charge >= 0.3 is 0 Å². The first kappa shape index (κ1) is 23.1. The lowest BCUT2D eigenvalue weighted by atomic mass is 10.1. The highest BCUT2D eigenvalue weighted by Crippen LogP contribution is 2.42. The third-order valence-electron chi connectivity index (χ3n) is 5.19. The molecule has 5 nitrogen and oxygen atoms in total. The van der Waals surface area contributed by atoms with Crippen molar-refractivity contribution in [2.24, 2.45) is 0 Å².